The molecule has 11 rings (SSSR count). The summed E-state index contributed by atoms with van der Waals surface area (Å²) < 4.78 is 7.93. The summed E-state index contributed by atoms with van der Waals surface area (Å²) in [5.41, 5.74) is 11.8. The minimum absolute atomic E-state index is 0.646. The van der Waals surface area contributed by atoms with E-state index in [2.05, 4.69) is 252 Å². The van der Waals surface area contributed by atoms with Crippen LogP contribution in [0.15, 0.2) is 261 Å². The summed E-state index contributed by atoms with van der Waals surface area (Å²) in [5.74, 6) is 0. The van der Waals surface area contributed by atoms with Crippen LogP contribution in [0.2, 0.25) is 0 Å². The average molecular weight is 891 g/mol. The smallest absolute Gasteiger partial charge is 0.0423 e. The molecule has 1 aromatic heterocycles. The summed E-state index contributed by atoms with van der Waals surface area (Å²) >= 11 is -3.37. The molecule has 65 heavy (non-hydrogen) atoms. The van der Waals surface area contributed by atoms with Crippen molar-refractivity contribution >= 4 is 69.7 Å². The molecular weight excluding hydrogens is 847 g/mol. The van der Waals surface area contributed by atoms with E-state index in [0.717, 1.165) is 44.7 Å². The zero-order chi connectivity index (χ0) is 43.6. The second-order valence-electron chi connectivity index (χ2n) is 16.4. The predicted molar refractivity (Wildman–Crippen MR) is 275 cm³/mol. The van der Waals surface area contributed by atoms with Gasteiger partial charge in [-0.2, -0.15) is 5.26 Å². The standard InChI is InChI=1S/C61H43GeN3/c63-44-45-25-35-56(36-26-45)65-60-24-14-13-23-58(60)59-43-57(41-42-61(59)65)64(54-37-29-48(30-38-54)46-15-5-1-6-16-46)55-39-31-49(32-40-55)47-27-33-53(34-28-47)62(50-17-7-2-8-18-50,51-19-9-3-10-20-51)52-21-11-4-12-22-52/h1-43H. The van der Waals surface area contributed by atoms with E-state index < -0.39 is 13.3 Å². The predicted octanol–water partition coefficient (Wildman–Crippen LogP) is 12.8. The van der Waals surface area contributed by atoms with Crippen LogP contribution in [0.1, 0.15) is 5.56 Å². The number of rotatable bonds is 10. The molecule has 0 saturated carbocycles. The van der Waals surface area contributed by atoms with Gasteiger partial charge < -0.3 is 4.57 Å². The van der Waals surface area contributed by atoms with Gasteiger partial charge in [0.05, 0.1) is 22.7 Å². The van der Waals surface area contributed by atoms with Crippen LogP contribution < -0.4 is 22.5 Å². The third-order valence-corrected chi connectivity index (χ3v) is 22.9. The van der Waals surface area contributed by atoms with Crippen molar-refractivity contribution in [1.29, 1.82) is 5.26 Å². The fraction of sp³-hybridized carbons (Fsp3) is 0. The third-order valence-electron chi connectivity index (χ3n) is 12.8. The first-order valence-corrected chi connectivity index (χ1v) is 26.3. The molecule has 4 heteroatoms. The first kappa shape index (κ1) is 39.7. The Bertz CT molecular complexity index is 3340. The SMILES string of the molecule is N#Cc1ccc(-n2c3ccccc3c3cc(N(c4ccc(-c5ccccc5)cc4)c4ccc(-c5cc[c]([Ge]([c]6ccccc6)([c]6ccccc6)[c]6ccccc6)cc5)cc4)ccc32)cc1. The van der Waals surface area contributed by atoms with Crippen molar-refractivity contribution in [2.75, 3.05) is 4.90 Å². The fourth-order valence-corrected chi connectivity index (χ4v) is 19.7. The van der Waals surface area contributed by atoms with E-state index in [4.69, 9.17) is 0 Å². The molecule has 0 fully saturated rings. The molecule has 0 amide bonds. The fourth-order valence-electron chi connectivity index (χ4n) is 9.72. The first-order valence-electron chi connectivity index (χ1n) is 22.1. The average Bonchev–Trinajstić information content (AvgIpc) is 3.72. The number of aromatic nitrogens is 1. The molecule has 0 radical (unpaired) electrons. The number of hydrogen-bond acceptors (Lipinski definition) is 2. The van der Waals surface area contributed by atoms with Crippen LogP contribution in [0, 0.1) is 11.3 Å². The van der Waals surface area contributed by atoms with Gasteiger partial charge in [-0.3, -0.25) is 0 Å². The van der Waals surface area contributed by atoms with Gasteiger partial charge in [-0.1, -0.05) is 48.5 Å². The number of para-hydroxylation sites is 1. The maximum atomic E-state index is 9.50. The van der Waals surface area contributed by atoms with Crippen molar-refractivity contribution in [1.82, 2.24) is 4.57 Å². The summed E-state index contributed by atoms with van der Waals surface area (Å²) in [7, 11) is 0. The van der Waals surface area contributed by atoms with Crippen LogP contribution in [0.4, 0.5) is 17.1 Å². The number of benzene rings is 10. The topological polar surface area (TPSA) is 32.0 Å². The van der Waals surface area contributed by atoms with Gasteiger partial charge in [0.25, 0.3) is 0 Å². The Kier molecular flexibility index (Phi) is 10.5. The van der Waals surface area contributed by atoms with Gasteiger partial charge in [0, 0.05) is 11.1 Å². The Labute approximate surface area is 382 Å². The minimum atomic E-state index is -3.37. The first-order chi connectivity index (χ1) is 32.2. The molecule has 0 spiro atoms. The van der Waals surface area contributed by atoms with Crippen molar-refractivity contribution in [3.8, 4) is 34.0 Å². The van der Waals surface area contributed by atoms with Crippen molar-refractivity contribution in [2.24, 2.45) is 0 Å². The van der Waals surface area contributed by atoms with Gasteiger partial charge >= 0.3 is 251 Å². The van der Waals surface area contributed by atoms with Crippen molar-refractivity contribution in [2.45, 2.75) is 0 Å². The second kappa shape index (κ2) is 17.2. The van der Waals surface area contributed by atoms with Crippen LogP contribution in [0.3, 0.4) is 0 Å². The van der Waals surface area contributed by atoms with Crippen molar-refractivity contribution < 1.29 is 0 Å². The third kappa shape index (κ3) is 7.21. The molecular formula is C61H43GeN3. The van der Waals surface area contributed by atoms with E-state index in [1.165, 1.54) is 39.7 Å². The van der Waals surface area contributed by atoms with Gasteiger partial charge in [0.15, 0.2) is 0 Å². The number of nitriles is 1. The van der Waals surface area contributed by atoms with Gasteiger partial charge in [-0.15, -0.1) is 0 Å². The molecule has 0 aliphatic carbocycles. The molecule has 1 heterocycles. The van der Waals surface area contributed by atoms with Crippen LogP contribution in [0.25, 0.3) is 49.7 Å². The molecule has 10 aromatic carbocycles. The number of nitrogens with zero attached hydrogens (tertiary/aromatic N) is 3. The Morgan fingerprint density at radius 2 is 0.738 bits per heavy atom. The summed E-state index contributed by atoms with van der Waals surface area (Å²) in [6.07, 6.45) is 0. The summed E-state index contributed by atoms with van der Waals surface area (Å²) in [5, 5.41) is 11.8. The van der Waals surface area contributed by atoms with E-state index in [9.17, 15) is 5.26 Å². The zero-order valence-electron chi connectivity index (χ0n) is 35.7. The van der Waals surface area contributed by atoms with Crippen LogP contribution in [-0.2, 0) is 0 Å². The molecule has 0 saturated heterocycles. The molecule has 0 atom stereocenters. The van der Waals surface area contributed by atoms with E-state index in [0.29, 0.717) is 5.56 Å². The van der Waals surface area contributed by atoms with Gasteiger partial charge in [0.2, 0.25) is 0 Å². The number of fused-ring (bicyclic) bond motifs is 3. The zero-order valence-corrected chi connectivity index (χ0v) is 37.8. The molecule has 0 N–H and O–H groups in total. The van der Waals surface area contributed by atoms with Gasteiger partial charge in [-0.25, -0.2) is 0 Å². The molecule has 0 aliphatic heterocycles. The summed E-state index contributed by atoms with van der Waals surface area (Å²) in [4.78, 5) is 2.36. The van der Waals surface area contributed by atoms with Gasteiger partial charge in [-0.05, 0) is 41.5 Å². The normalized spacial score (nSPS) is 11.4. The summed E-state index contributed by atoms with van der Waals surface area (Å²) in [6, 6.07) is 96.8. The Morgan fingerprint density at radius 3 is 1.25 bits per heavy atom. The van der Waals surface area contributed by atoms with E-state index >= 15 is 0 Å². The monoisotopic (exact) mass is 891 g/mol. The Hall–Kier alpha value is -8.17. The molecule has 11 aromatic rings. The second-order valence-corrected chi connectivity index (χ2v) is 24.4. The molecule has 0 unspecified atom stereocenters. The van der Waals surface area contributed by atoms with E-state index in [1.807, 2.05) is 24.3 Å². The number of anilines is 3. The van der Waals surface area contributed by atoms with Gasteiger partial charge in [0.1, 0.15) is 0 Å². The number of hydrogen-bond donors (Lipinski definition) is 0. The van der Waals surface area contributed by atoms with Crippen molar-refractivity contribution in [3.05, 3.63) is 266 Å². The molecule has 306 valence electrons. The van der Waals surface area contributed by atoms with E-state index in [-0.39, 0.29) is 0 Å². The van der Waals surface area contributed by atoms with Crippen LogP contribution in [0.5, 0.6) is 0 Å². The molecule has 0 aliphatic rings. The quantitative estimate of drug-likeness (QED) is 0.128. The van der Waals surface area contributed by atoms with E-state index in [1.54, 1.807) is 0 Å². The Morgan fingerprint density at radius 1 is 0.338 bits per heavy atom. The van der Waals surface area contributed by atoms with Crippen LogP contribution in [-0.4, -0.2) is 17.8 Å². The minimum Gasteiger partial charge on any atom is -0.0423 e. The molecule has 0 bridgehead atoms. The van der Waals surface area contributed by atoms with Crippen molar-refractivity contribution in [3.63, 3.8) is 0 Å². The van der Waals surface area contributed by atoms with Crippen LogP contribution >= 0.6 is 0 Å². The summed E-state index contributed by atoms with van der Waals surface area (Å²) in [6.45, 7) is 0. The Balaban J connectivity index is 1.00. The molecule has 3 nitrogen and oxygen atoms in total. The maximum absolute atomic E-state index is 9.50.